The lowest BCUT2D eigenvalue weighted by molar-refractivity contribution is 0.0666. The van der Waals surface area contributed by atoms with Crippen molar-refractivity contribution in [2.24, 2.45) is 7.05 Å². The zero-order chi connectivity index (χ0) is 23.2. The first kappa shape index (κ1) is 20.4. The van der Waals surface area contributed by atoms with Gasteiger partial charge in [-0.1, -0.05) is 60.7 Å². The van der Waals surface area contributed by atoms with Gasteiger partial charge >= 0.3 is 0 Å². The Morgan fingerprint density at radius 1 is 0.941 bits per heavy atom. The molecule has 2 aromatic carbocycles. The van der Waals surface area contributed by atoms with Crippen LogP contribution in [0.4, 0.5) is 0 Å². The maximum Gasteiger partial charge on any atom is 0.255 e. The van der Waals surface area contributed by atoms with Crippen molar-refractivity contribution in [1.29, 1.82) is 0 Å². The van der Waals surface area contributed by atoms with Crippen LogP contribution in [-0.4, -0.2) is 36.7 Å². The van der Waals surface area contributed by atoms with Crippen LogP contribution in [-0.2, 0) is 13.6 Å². The van der Waals surface area contributed by atoms with Gasteiger partial charge < -0.3 is 9.47 Å². The highest BCUT2D eigenvalue weighted by Gasteiger charge is 2.34. The van der Waals surface area contributed by atoms with E-state index >= 15 is 0 Å². The maximum absolute atomic E-state index is 14.3. The van der Waals surface area contributed by atoms with Crippen molar-refractivity contribution >= 4 is 16.9 Å². The van der Waals surface area contributed by atoms with Gasteiger partial charge in [0.05, 0.1) is 28.4 Å². The number of hydrogen-bond acceptors (Lipinski definition) is 3. The van der Waals surface area contributed by atoms with Crippen LogP contribution in [0, 0.1) is 6.92 Å². The van der Waals surface area contributed by atoms with E-state index in [1.165, 1.54) is 0 Å². The van der Waals surface area contributed by atoms with E-state index in [9.17, 15) is 4.79 Å². The topological polar surface area (TPSA) is 56.0 Å². The molecule has 0 saturated heterocycles. The van der Waals surface area contributed by atoms with Crippen LogP contribution in [0.2, 0.25) is 0 Å². The van der Waals surface area contributed by atoms with Crippen LogP contribution >= 0.6 is 0 Å². The van der Waals surface area contributed by atoms with Crippen LogP contribution in [0.15, 0.2) is 85.1 Å². The molecule has 6 nitrogen and oxygen atoms in total. The molecule has 1 aliphatic rings. The zero-order valence-electron chi connectivity index (χ0n) is 19.2. The van der Waals surface area contributed by atoms with Gasteiger partial charge in [0.1, 0.15) is 0 Å². The lowest BCUT2D eigenvalue weighted by Crippen LogP contribution is -2.42. The second-order valence-corrected chi connectivity index (χ2v) is 8.77. The fourth-order valence-electron chi connectivity index (χ4n) is 5.11. The number of nitrogens with zero attached hydrogens (tertiary/aromatic N) is 5. The summed E-state index contributed by atoms with van der Waals surface area (Å²) in [4.78, 5) is 21.2. The summed E-state index contributed by atoms with van der Waals surface area (Å²) >= 11 is 0. The standard InChI is InChI=1S/C28H25N5O/c1-19-25-22(18-23(20-10-5-3-6-11-20)29-27(25)31(2)30-19)28(34)33-17-16-32-15-9-14-24(32)26(33)21-12-7-4-8-13-21/h3-15,18,26H,16-17H2,1-2H3. The molecule has 0 radical (unpaired) electrons. The quantitative estimate of drug-likeness (QED) is 0.392. The summed E-state index contributed by atoms with van der Waals surface area (Å²) < 4.78 is 4.01. The molecule has 6 heteroatoms. The molecule has 34 heavy (non-hydrogen) atoms. The average molecular weight is 448 g/mol. The van der Waals surface area contributed by atoms with E-state index in [0.29, 0.717) is 12.1 Å². The van der Waals surface area contributed by atoms with Crippen LogP contribution < -0.4 is 0 Å². The third kappa shape index (κ3) is 3.22. The summed E-state index contributed by atoms with van der Waals surface area (Å²) in [5.41, 5.74) is 6.16. The average Bonchev–Trinajstić information content (AvgIpc) is 3.47. The van der Waals surface area contributed by atoms with Crippen LogP contribution in [0.1, 0.15) is 33.4 Å². The first-order valence-corrected chi connectivity index (χ1v) is 11.5. The Morgan fingerprint density at radius 2 is 1.68 bits per heavy atom. The number of aromatic nitrogens is 4. The van der Waals surface area contributed by atoms with E-state index < -0.39 is 0 Å². The first-order chi connectivity index (χ1) is 16.6. The predicted molar refractivity (Wildman–Crippen MR) is 132 cm³/mol. The van der Waals surface area contributed by atoms with Crippen molar-refractivity contribution in [2.75, 3.05) is 6.54 Å². The Balaban J connectivity index is 1.54. The lowest BCUT2D eigenvalue weighted by atomic mass is 9.97. The number of fused-ring (bicyclic) bond motifs is 2. The van der Waals surface area contributed by atoms with Crippen molar-refractivity contribution in [2.45, 2.75) is 19.5 Å². The van der Waals surface area contributed by atoms with Gasteiger partial charge in [-0.2, -0.15) is 5.10 Å². The number of aryl methyl sites for hydroxylation is 2. The summed E-state index contributed by atoms with van der Waals surface area (Å²) in [7, 11) is 1.88. The second kappa shape index (κ2) is 7.99. The number of benzene rings is 2. The summed E-state index contributed by atoms with van der Waals surface area (Å²) in [6, 6.07) is 26.2. The van der Waals surface area contributed by atoms with E-state index in [1.54, 1.807) is 4.68 Å². The van der Waals surface area contributed by atoms with Gasteiger partial charge in [0.2, 0.25) is 0 Å². The molecule has 3 aromatic heterocycles. The van der Waals surface area contributed by atoms with Crippen molar-refractivity contribution in [1.82, 2.24) is 24.2 Å². The fraction of sp³-hybridized carbons (Fsp3) is 0.179. The van der Waals surface area contributed by atoms with Gasteiger partial charge in [0, 0.05) is 37.6 Å². The predicted octanol–water partition coefficient (Wildman–Crippen LogP) is 4.99. The number of amides is 1. The van der Waals surface area contributed by atoms with E-state index in [4.69, 9.17) is 4.98 Å². The number of pyridine rings is 1. The van der Waals surface area contributed by atoms with E-state index in [-0.39, 0.29) is 11.9 Å². The molecule has 0 fully saturated rings. The summed E-state index contributed by atoms with van der Waals surface area (Å²) in [6.45, 7) is 3.34. The molecule has 0 aliphatic carbocycles. The van der Waals surface area contributed by atoms with E-state index in [0.717, 1.165) is 45.8 Å². The van der Waals surface area contributed by atoms with Crippen molar-refractivity contribution in [3.63, 3.8) is 0 Å². The van der Waals surface area contributed by atoms with Crippen molar-refractivity contribution in [3.8, 4) is 11.3 Å². The minimum absolute atomic E-state index is 0.00184. The molecule has 168 valence electrons. The molecule has 1 atom stereocenters. The molecular weight excluding hydrogens is 422 g/mol. The minimum Gasteiger partial charge on any atom is -0.348 e. The Labute approximate surface area is 198 Å². The molecule has 0 bridgehead atoms. The van der Waals surface area contributed by atoms with Crippen LogP contribution in [0.3, 0.4) is 0 Å². The third-order valence-corrected chi connectivity index (χ3v) is 6.68. The normalized spacial score (nSPS) is 15.5. The van der Waals surface area contributed by atoms with Crippen LogP contribution in [0.25, 0.3) is 22.3 Å². The summed E-state index contributed by atoms with van der Waals surface area (Å²) in [5, 5.41) is 5.42. The minimum atomic E-state index is -0.155. The number of rotatable bonds is 3. The number of hydrogen-bond donors (Lipinski definition) is 0. The molecule has 0 saturated carbocycles. The monoisotopic (exact) mass is 447 g/mol. The third-order valence-electron chi connectivity index (χ3n) is 6.68. The van der Waals surface area contributed by atoms with Gasteiger partial charge in [-0.05, 0) is 30.7 Å². The van der Waals surface area contributed by atoms with Gasteiger partial charge in [-0.3, -0.25) is 9.48 Å². The van der Waals surface area contributed by atoms with Gasteiger partial charge in [0.15, 0.2) is 5.65 Å². The second-order valence-electron chi connectivity index (χ2n) is 8.77. The molecule has 4 heterocycles. The molecule has 1 amide bonds. The largest absolute Gasteiger partial charge is 0.348 e. The van der Waals surface area contributed by atoms with Crippen LogP contribution in [0.5, 0.6) is 0 Å². The highest BCUT2D eigenvalue weighted by atomic mass is 16.2. The Kier molecular flexibility index (Phi) is 4.80. The van der Waals surface area contributed by atoms with E-state index in [2.05, 4.69) is 40.1 Å². The van der Waals surface area contributed by atoms with Gasteiger partial charge in [-0.15, -0.1) is 0 Å². The molecular formula is C28H25N5O. The lowest BCUT2D eigenvalue weighted by Gasteiger charge is -2.37. The number of carbonyl (C=O) groups excluding carboxylic acids is 1. The Bertz CT molecular complexity index is 1500. The molecule has 6 rings (SSSR count). The summed E-state index contributed by atoms with van der Waals surface area (Å²) in [5.74, 6) is 0.00184. The van der Waals surface area contributed by atoms with Gasteiger partial charge in [0.25, 0.3) is 5.91 Å². The summed E-state index contributed by atoms with van der Waals surface area (Å²) in [6.07, 6.45) is 2.09. The van der Waals surface area contributed by atoms with Gasteiger partial charge in [-0.25, -0.2) is 4.98 Å². The highest BCUT2D eigenvalue weighted by Crippen LogP contribution is 2.35. The molecule has 5 aromatic rings. The van der Waals surface area contributed by atoms with E-state index in [1.807, 2.05) is 73.5 Å². The molecule has 0 N–H and O–H groups in total. The SMILES string of the molecule is Cc1nn(C)c2nc(-c3ccccc3)cc(C(=O)N3CCn4cccc4C3c3ccccc3)c12. The Hall–Kier alpha value is -4.19. The molecule has 1 aliphatic heterocycles. The maximum atomic E-state index is 14.3. The first-order valence-electron chi connectivity index (χ1n) is 11.5. The highest BCUT2D eigenvalue weighted by molar-refractivity contribution is 6.07. The number of carbonyl (C=O) groups is 1. The molecule has 0 spiro atoms. The smallest absolute Gasteiger partial charge is 0.255 e. The van der Waals surface area contributed by atoms with Crippen molar-refractivity contribution in [3.05, 3.63) is 108 Å². The zero-order valence-corrected chi connectivity index (χ0v) is 19.2. The Morgan fingerprint density at radius 3 is 2.44 bits per heavy atom. The molecule has 1 unspecified atom stereocenters. The van der Waals surface area contributed by atoms with Crippen molar-refractivity contribution < 1.29 is 4.79 Å². The fourth-order valence-corrected chi connectivity index (χ4v) is 5.11.